The van der Waals surface area contributed by atoms with Gasteiger partial charge in [-0.3, -0.25) is 14.9 Å². The molecule has 1 N–H and O–H groups in total. The number of carbonyl (C=O) groups is 1. The summed E-state index contributed by atoms with van der Waals surface area (Å²) < 4.78 is 0.796. The van der Waals surface area contributed by atoms with E-state index in [9.17, 15) is 14.9 Å². The molecular weight excluding hydrogens is 404 g/mol. The van der Waals surface area contributed by atoms with E-state index >= 15 is 0 Å². The second-order valence-corrected chi connectivity index (χ2v) is 8.84. The highest BCUT2D eigenvalue weighted by molar-refractivity contribution is 8.01. The van der Waals surface area contributed by atoms with E-state index in [4.69, 9.17) is 0 Å². The van der Waals surface area contributed by atoms with Gasteiger partial charge >= 0.3 is 0 Å². The fourth-order valence-electron chi connectivity index (χ4n) is 2.10. The third-order valence-corrected chi connectivity index (χ3v) is 6.38. The maximum Gasteiger partial charge on any atom is 0.269 e. The molecule has 3 rings (SSSR count). The minimum absolute atomic E-state index is 0.0269. The average Bonchev–Trinajstić information content (AvgIpc) is 3.17. The Hall–Kier alpha value is -2.43. The number of nitro groups is 1. The van der Waals surface area contributed by atoms with Gasteiger partial charge in [0.15, 0.2) is 4.34 Å². The second kappa shape index (κ2) is 8.98. The van der Waals surface area contributed by atoms with Crippen LogP contribution in [0.2, 0.25) is 0 Å². The molecule has 0 spiro atoms. The van der Waals surface area contributed by atoms with Crippen LogP contribution in [0.3, 0.4) is 0 Å². The van der Waals surface area contributed by atoms with Crippen molar-refractivity contribution in [3.8, 4) is 0 Å². The summed E-state index contributed by atoms with van der Waals surface area (Å²) in [6, 6.07) is 13.7. The van der Waals surface area contributed by atoms with E-state index in [0.717, 1.165) is 14.1 Å². The zero-order chi connectivity index (χ0) is 19.2. The average molecular weight is 419 g/mol. The van der Waals surface area contributed by atoms with Gasteiger partial charge in [-0.15, -0.1) is 22.0 Å². The summed E-state index contributed by atoms with van der Waals surface area (Å²) in [5, 5.41) is 21.1. The van der Waals surface area contributed by atoms with Crippen molar-refractivity contribution in [2.75, 3.05) is 5.32 Å². The number of nitro benzene ring substituents is 1. The maximum absolute atomic E-state index is 12.6. The zero-order valence-corrected chi connectivity index (χ0v) is 16.5. The summed E-state index contributed by atoms with van der Waals surface area (Å²) in [6.45, 7) is 1.79. The van der Waals surface area contributed by atoms with Crippen LogP contribution < -0.4 is 5.32 Å². The summed E-state index contributed by atoms with van der Waals surface area (Å²) in [6.07, 6.45) is 0. The predicted octanol–water partition coefficient (Wildman–Crippen LogP) is 4.72. The molecule has 0 saturated carbocycles. The smallest absolute Gasteiger partial charge is 0.269 e. The van der Waals surface area contributed by atoms with Crippen molar-refractivity contribution in [3.05, 3.63) is 64.2 Å². The third-order valence-electron chi connectivity index (χ3n) is 3.41. The largest absolute Gasteiger partial charge is 0.324 e. The van der Waals surface area contributed by atoms with E-state index in [-0.39, 0.29) is 16.8 Å². The first-order valence-electron chi connectivity index (χ1n) is 7.78. The normalized spacial score (nSPS) is 11.7. The standard InChI is InChI=1S/C17H14N4O3S3/c1-11(26-13-8-6-12(7-9-13)21(23)24)16(22)19-14-4-2-3-5-15(14)27-17-20-18-10-25-17/h2-11H,1H3,(H,19,22)/t11-/m0/s1. The lowest BCUT2D eigenvalue weighted by molar-refractivity contribution is -0.384. The number of hydrogen-bond acceptors (Lipinski definition) is 8. The lowest BCUT2D eigenvalue weighted by Crippen LogP contribution is -2.22. The van der Waals surface area contributed by atoms with Crippen LogP contribution in [0.25, 0.3) is 0 Å². The molecule has 2 aromatic carbocycles. The van der Waals surface area contributed by atoms with Crippen LogP contribution >= 0.6 is 34.9 Å². The number of non-ortho nitro benzene ring substituents is 1. The third kappa shape index (κ3) is 5.28. The van der Waals surface area contributed by atoms with Crippen molar-refractivity contribution in [3.63, 3.8) is 0 Å². The van der Waals surface area contributed by atoms with E-state index in [1.54, 1.807) is 24.6 Å². The van der Waals surface area contributed by atoms with E-state index in [0.29, 0.717) is 5.69 Å². The van der Waals surface area contributed by atoms with Gasteiger partial charge in [0.2, 0.25) is 5.91 Å². The summed E-state index contributed by atoms with van der Waals surface area (Å²) in [5.74, 6) is -0.149. The number of rotatable bonds is 7. The van der Waals surface area contributed by atoms with Gasteiger partial charge in [0.25, 0.3) is 5.69 Å². The first-order valence-corrected chi connectivity index (χ1v) is 10.4. The van der Waals surface area contributed by atoms with E-state index in [1.807, 2.05) is 24.3 Å². The van der Waals surface area contributed by atoms with Crippen LogP contribution in [0.4, 0.5) is 11.4 Å². The predicted molar refractivity (Wildman–Crippen MR) is 108 cm³/mol. The molecule has 0 saturated heterocycles. The van der Waals surface area contributed by atoms with E-state index in [1.165, 1.54) is 47.0 Å². The molecule has 7 nitrogen and oxygen atoms in total. The molecular formula is C17H14N4O3S3. The number of aromatic nitrogens is 2. The Kier molecular flexibility index (Phi) is 6.43. The summed E-state index contributed by atoms with van der Waals surface area (Å²) in [7, 11) is 0. The van der Waals surface area contributed by atoms with Gasteiger partial charge in [0.05, 0.1) is 15.9 Å². The topological polar surface area (TPSA) is 98.0 Å². The molecule has 0 aliphatic carbocycles. The van der Waals surface area contributed by atoms with Gasteiger partial charge in [-0.2, -0.15) is 0 Å². The van der Waals surface area contributed by atoms with E-state index < -0.39 is 4.92 Å². The summed E-state index contributed by atoms with van der Waals surface area (Å²) >= 11 is 4.22. The molecule has 0 aliphatic rings. The lowest BCUT2D eigenvalue weighted by Gasteiger charge is -2.14. The van der Waals surface area contributed by atoms with Crippen LogP contribution in [0.15, 0.2) is 68.2 Å². The fourth-order valence-corrected chi connectivity index (χ4v) is 4.49. The van der Waals surface area contributed by atoms with Crippen molar-refractivity contribution in [2.45, 2.75) is 26.3 Å². The maximum atomic E-state index is 12.6. The molecule has 138 valence electrons. The number of nitrogens with one attached hydrogen (secondary N) is 1. The molecule has 0 unspecified atom stereocenters. The molecule has 0 aliphatic heterocycles. The number of para-hydroxylation sites is 1. The molecule has 27 heavy (non-hydrogen) atoms. The number of carbonyl (C=O) groups excluding carboxylic acids is 1. The van der Waals surface area contributed by atoms with Crippen molar-refractivity contribution >= 4 is 52.1 Å². The first-order chi connectivity index (χ1) is 13.0. The molecule has 3 aromatic rings. The van der Waals surface area contributed by atoms with Crippen molar-refractivity contribution in [1.82, 2.24) is 10.2 Å². The first kappa shape index (κ1) is 19.3. The Balaban J connectivity index is 1.65. The highest BCUT2D eigenvalue weighted by atomic mass is 32.2. The number of anilines is 1. The van der Waals surface area contributed by atoms with Crippen LogP contribution in [-0.2, 0) is 4.79 Å². The monoisotopic (exact) mass is 418 g/mol. The summed E-state index contributed by atoms with van der Waals surface area (Å²) in [4.78, 5) is 24.5. The molecule has 1 heterocycles. The Morgan fingerprint density at radius 1 is 1.22 bits per heavy atom. The minimum atomic E-state index is -0.447. The van der Waals surface area contributed by atoms with Crippen LogP contribution in [0, 0.1) is 10.1 Å². The SMILES string of the molecule is C[C@H](Sc1ccc([N+](=O)[O-])cc1)C(=O)Nc1ccccc1Sc1nncs1. The van der Waals surface area contributed by atoms with Gasteiger partial charge in [-0.1, -0.05) is 35.2 Å². The van der Waals surface area contributed by atoms with E-state index in [2.05, 4.69) is 15.5 Å². The number of hydrogen-bond donors (Lipinski definition) is 1. The van der Waals surface area contributed by atoms with Crippen molar-refractivity contribution in [1.29, 1.82) is 0 Å². The highest BCUT2D eigenvalue weighted by Gasteiger charge is 2.17. The number of benzene rings is 2. The van der Waals surface area contributed by atoms with Gasteiger partial charge in [0, 0.05) is 21.9 Å². The second-order valence-electron chi connectivity index (χ2n) is 5.30. The molecule has 0 radical (unpaired) electrons. The Morgan fingerprint density at radius 2 is 1.96 bits per heavy atom. The zero-order valence-electron chi connectivity index (χ0n) is 14.1. The summed E-state index contributed by atoms with van der Waals surface area (Å²) in [5.41, 5.74) is 2.39. The molecule has 1 atom stereocenters. The highest BCUT2D eigenvalue weighted by Crippen LogP contribution is 2.34. The van der Waals surface area contributed by atoms with Crippen molar-refractivity contribution in [2.24, 2.45) is 0 Å². The Bertz CT molecular complexity index is 933. The van der Waals surface area contributed by atoms with Crippen LogP contribution in [0.5, 0.6) is 0 Å². The Labute approximate surface area is 167 Å². The molecule has 0 fully saturated rings. The van der Waals surface area contributed by atoms with Gasteiger partial charge < -0.3 is 5.32 Å². The molecule has 1 amide bonds. The number of thioether (sulfide) groups is 1. The molecule has 0 bridgehead atoms. The number of nitrogens with zero attached hydrogens (tertiary/aromatic N) is 3. The quantitative estimate of drug-likeness (QED) is 0.337. The fraction of sp³-hybridized carbons (Fsp3) is 0.118. The molecule has 1 aromatic heterocycles. The minimum Gasteiger partial charge on any atom is -0.324 e. The van der Waals surface area contributed by atoms with Gasteiger partial charge in [-0.05, 0) is 31.2 Å². The van der Waals surface area contributed by atoms with Crippen LogP contribution in [0.1, 0.15) is 6.92 Å². The number of amides is 1. The van der Waals surface area contributed by atoms with Gasteiger partial charge in [-0.25, -0.2) is 0 Å². The molecule has 10 heteroatoms. The lowest BCUT2D eigenvalue weighted by atomic mass is 10.3. The van der Waals surface area contributed by atoms with Crippen molar-refractivity contribution < 1.29 is 9.72 Å². The van der Waals surface area contributed by atoms with Gasteiger partial charge in [0.1, 0.15) is 5.51 Å². The Morgan fingerprint density at radius 3 is 2.63 bits per heavy atom. The van der Waals surface area contributed by atoms with Crippen LogP contribution in [-0.4, -0.2) is 26.3 Å².